The Kier molecular flexibility index (Phi) is 4.89. The highest BCUT2D eigenvalue weighted by Gasteiger charge is 2.22. The van der Waals surface area contributed by atoms with Crippen molar-refractivity contribution >= 4 is 33.3 Å². The molecule has 0 spiro atoms. The molecule has 0 aromatic carbocycles. The summed E-state index contributed by atoms with van der Waals surface area (Å²) in [6.45, 7) is 0.466. The van der Waals surface area contributed by atoms with E-state index >= 15 is 0 Å². The van der Waals surface area contributed by atoms with Gasteiger partial charge in [-0.05, 0) is 35.2 Å². The predicted octanol–water partition coefficient (Wildman–Crippen LogP) is 2.22. The molecule has 1 aromatic heterocycles. The second kappa shape index (κ2) is 6.65. The summed E-state index contributed by atoms with van der Waals surface area (Å²) in [6.07, 6.45) is 4.65. The molecule has 1 saturated carbocycles. The summed E-state index contributed by atoms with van der Waals surface area (Å²) >= 11 is 3.15. The van der Waals surface area contributed by atoms with E-state index in [0.29, 0.717) is 29.9 Å². The number of nitrogens with zero attached hydrogens (tertiary/aromatic N) is 2. The third-order valence-electron chi connectivity index (χ3n) is 2.85. The van der Waals surface area contributed by atoms with Crippen LogP contribution in [0.1, 0.15) is 25.7 Å². The van der Waals surface area contributed by atoms with E-state index in [1.165, 1.54) is 12.3 Å². The number of carbonyl (C=O) groups excluding carboxylic acids is 1. The summed E-state index contributed by atoms with van der Waals surface area (Å²) in [5.74, 6) is 0.258. The van der Waals surface area contributed by atoms with Gasteiger partial charge in [-0.2, -0.15) is 0 Å². The first-order valence-electron chi connectivity index (χ1n) is 6.39. The first-order chi connectivity index (χ1) is 9.56. The molecule has 20 heavy (non-hydrogen) atoms. The Morgan fingerprint density at radius 2 is 2.30 bits per heavy atom. The van der Waals surface area contributed by atoms with Crippen LogP contribution in [-0.4, -0.2) is 28.4 Å². The Morgan fingerprint density at radius 3 is 2.95 bits per heavy atom. The highest BCUT2D eigenvalue weighted by molar-refractivity contribution is 9.10. The highest BCUT2D eigenvalue weighted by atomic mass is 79.9. The molecule has 1 aromatic rings. The SMILES string of the molecule is O=C(CCCNc1ncc(Br)cc1[N+](=O)[O-])NC1CC1. The van der Waals surface area contributed by atoms with Crippen molar-refractivity contribution in [2.75, 3.05) is 11.9 Å². The molecule has 1 heterocycles. The molecule has 1 amide bonds. The first kappa shape index (κ1) is 14.7. The zero-order valence-corrected chi connectivity index (χ0v) is 12.4. The van der Waals surface area contributed by atoms with Crippen LogP contribution in [0.15, 0.2) is 16.7 Å². The lowest BCUT2D eigenvalue weighted by atomic mass is 10.3. The van der Waals surface area contributed by atoms with Gasteiger partial charge in [-0.3, -0.25) is 14.9 Å². The van der Waals surface area contributed by atoms with Gasteiger partial charge < -0.3 is 10.6 Å². The van der Waals surface area contributed by atoms with Gasteiger partial charge in [0.15, 0.2) is 0 Å². The van der Waals surface area contributed by atoms with E-state index in [-0.39, 0.29) is 17.4 Å². The van der Waals surface area contributed by atoms with Crippen LogP contribution in [0.4, 0.5) is 11.5 Å². The van der Waals surface area contributed by atoms with E-state index < -0.39 is 4.92 Å². The smallest absolute Gasteiger partial charge is 0.312 e. The second-order valence-electron chi connectivity index (χ2n) is 4.65. The fourth-order valence-corrected chi connectivity index (χ4v) is 2.01. The van der Waals surface area contributed by atoms with Gasteiger partial charge in [0.05, 0.1) is 4.92 Å². The zero-order chi connectivity index (χ0) is 14.5. The average Bonchev–Trinajstić information content (AvgIpc) is 3.19. The maximum atomic E-state index is 11.5. The topological polar surface area (TPSA) is 97.2 Å². The van der Waals surface area contributed by atoms with Gasteiger partial charge in [0.1, 0.15) is 0 Å². The summed E-state index contributed by atoms with van der Waals surface area (Å²) in [5, 5.41) is 16.7. The summed E-state index contributed by atoms with van der Waals surface area (Å²) in [6, 6.07) is 1.76. The highest BCUT2D eigenvalue weighted by Crippen LogP contribution is 2.25. The minimum atomic E-state index is -0.486. The fourth-order valence-electron chi connectivity index (χ4n) is 1.69. The third kappa shape index (κ3) is 4.44. The zero-order valence-electron chi connectivity index (χ0n) is 10.8. The van der Waals surface area contributed by atoms with Crippen LogP contribution < -0.4 is 10.6 Å². The lowest BCUT2D eigenvalue weighted by molar-refractivity contribution is -0.384. The molecule has 0 unspecified atom stereocenters. The number of rotatable bonds is 7. The molecule has 7 nitrogen and oxygen atoms in total. The molecule has 2 rings (SSSR count). The van der Waals surface area contributed by atoms with Gasteiger partial charge in [-0.1, -0.05) is 0 Å². The van der Waals surface area contributed by atoms with Gasteiger partial charge in [-0.25, -0.2) is 4.98 Å². The van der Waals surface area contributed by atoms with Crippen LogP contribution in [0, 0.1) is 10.1 Å². The Bertz CT molecular complexity index is 519. The number of halogens is 1. The minimum absolute atomic E-state index is 0.0348. The molecule has 8 heteroatoms. The molecule has 0 atom stereocenters. The second-order valence-corrected chi connectivity index (χ2v) is 5.57. The van der Waals surface area contributed by atoms with Gasteiger partial charge in [0, 0.05) is 35.7 Å². The molecule has 2 N–H and O–H groups in total. The average molecular weight is 343 g/mol. The lowest BCUT2D eigenvalue weighted by Gasteiger charge is -2.06. The number of anilines is 1. The number of amides is 1. The standard InChI is InChI=1S/C12H15BrN4O3/c13-8-6-10(17(19)20)12(15-7-8)14-5-1-2-11(18)16-9-3-4-9/h6-7,9H,1-5H2,(H,14,15)(H,16,18). The number of carbonyl (C=O) groups is 1. The minimum Gasteiger partial charge on any atom is -0.364 e. The van der Waals surface area contributed by atoms with Gasteiger partial charge >= 0.3 is 5.69 Å². The Balaban J connectivity index is 1.78. The Hall–Kier alpha value is -1.70. The fraction of sp³-hybridized carbons (Fsp3) is 0.500. The molecule has 1 aliphatic carbocycles. The normalized spacial score (nSPS) is 13.8. The number of hydrogen-bond acceptors (Lipinski definition) is 5. The number of nitrogens with one attached hydrogen (secondary N) is 2. The third-order valence-corrected chi connectivity index (χ3v) is 3.28. The maximum absolute atomic E-state index is 11.5. The predicted molar refractivity (Wildman–Crippen MR) is 77.5 cm³/mol. The molecule has 0 aliphatic heterocycles. The van der Waals surface area contributed by atoms with E-state index in [1.807, 2.05) is 0 Å². The van der Waals surface area contributed by atoms with Crippen LogP contribution in [0.2, 0.25) is 0 Å². The van der Waals surface area contributed by atoms with Crippen molar-refractivity contribution in [2.24, 2.45) is 0 Å². The molecule has 1 aliphatic rings. The van der Waals surface area contributed by atoms with E-state index in [1.54, 1.807) is 0 Å². The Labute approximate surface area is 124 Å². The monoisotopic (exact) mass is 342 g/mol. The van der Waals surface area contributed by atoms with Gasteiger partial charge in [-0.15, -0.1) is 0 Å². The molecule has 0 bridgehead atoms. The van der Waals surface area contributed by atoms with E-state index in [0.717, 1.165) is 12.8 Å². The number of pyridine rings is 1. The summed E-state index contributed by atoms with van der Waals surface area (Å²) in [4.78, 5) is 25.8. The van der Waals surface area contributed by atoms with Crippen molar-refractivity contribution in [3.63, 3.8) is 0 Å². The molecule has 0 radical (unpaired) electrons. The van der Waals surface area contributed by atoms with Crippen molar-refractivity contribution < 1.29 is 9.72 Å². The van der Waals surface area contributed by atoms with Crippen molar-refractivity contribution in [1.82, 2.24) is 10.3 Å². The quantitative estimate of drug-likeness (QED) is 0.449. The van der Waals surface area contributed by atoms with Crippen LogP contribution in [0.25, 0.3) is 0 Å². The summed E-state index contributed by atoms with van der Waals surface area (Å²) < 4.78 is 0.554. The molecule has 0 saturated heterocycles. The van der Waals surface area contributed by atoms with Crippen molar-refractivity contribution in [1.29, 1.82) is 0 Å². The Morgan fingerprint density at radius 1 is 1.55 bits per heavy atom. The first-order valence-corrected chi connectivity index (χ1v) is 7.18. The van der Waals surface area contributed by atoms with Crippen molar-refractivity contribution in [2.45, 2.75) is 31.7 Å². The van der Waals surface area contributed by atoms with Crippen LogP contribution in [0.5, 0.6) is 0 Å². The number of nitro groups is 1. The van der Waals surface area contributed by atoms with E-state index in [2.05, 4.69) is 31.5 Å². The van der Waals surface area contributed by atoms with Gasteiger partial charge in [0.25, 0.3) is 0 Å². The van der Waals surface area contributed by atoms with Crippen LogP contribution >= 0.6 is 15.9 Å². The van der Waals surface area contributed by atoms with Crippen molar-refractivity contribution in [3.8, 4) is 0 Å². The molecule has 1 fully saturated rings. The largest absolute Gasteiger partial charge is 0.364 e. The van der Waals surface area contributed by atoms with Gasteiger partial charge in [0.2, 0.25) is 11.7 Å². The summed E-state index contributed by atoms with van der Waals surface area (Å²) in [5.41, 5.74) is -0.0817. The molecular formula is C12H15BrN4O3. The van der Waals surface area contributed by atoms with Crippen molar-refractivity contribution in [3.05, 3.63) is 26.9 Å². The van der Waals surface area contributed by atoms with Crippen LogP contribution in [-0.2, 0) is 4.79 Å². The maximum Gasteiger partial charge on any atom is 0.312 e. The lowest BCUT2D eigenvalue weighted by Crippen LogP contribution is -2.25. The number of aromatic nitrogens is 1. The van der Waals surface area contributed by atoms with E-state index in [9.17, 15) is 14.9 Å². The molecular weight excluding hydrogens is 328 g/mol. The van der Waals surface area contributed by atoms with Crippen LogP contribution in [0.3, 0.4) is 0 Å². The molecule has 108 valence electrons. The number of hydrogen-bond donors (Lipinski definition) is 2. The van der Waals surface area contributed by atoms with E-state index in [4.69, 9.17) is 0 Å². The summed E-state index contributed by atoms with van der Waals surface area (Å²) in [7, 11) is 0.